The summed E-state index contributed by atoms with van der Waals surface area (Å²) in [4.78, 5) is 14.3. The molecule has 1 unspecified atom stereocenters. The molecule has 0 aromatic heterocycles. The van der Waals surface area contributed by atoms with E-state index in [0.29, 0.717) is 11.9 Å². The Bertz CT molecular complexity index is 261. The van der Waals surface area contributed by atoms with E-state index in [1.807, 2.05) is 0 Å². The van der Waals surface area contributed by atoms with Crippen LogP contribution >= 0.6 is 0 Å². The van der Waals surface area contributed by atoms with Gasteiger partial charge in [-0.3, -0.25) is 4.79 Å². The lowest BCUT2D eigenvalue weighted by molar-refractivity contribution is -0.136. The fourth-order valence-electron chi connectivity index (χ4n) is 2.54. The second-order valence-corrected chi connectivity index (χ2v) is 6.00. The van der Waals surface area contributed by atoms with Crippen LogP contribution < -0.4 is 5.32 Å². The number of nitrogens with zero attached hydrogens (tertiary/aromatic N) is 1. The predicted octanol–water partition coefficient (Wildman–Crippen LogP) is 2.17. The highest BCUT2D eigenvalue weighted by molar-refractivity contribution is 5.82. The molecule has 0 radical (unpaired) electrons. The second-order valence-electron chi connectivity index (χ2n) is 6.00. The van der Waals surface area contributed by atoms with Crippen LogP contribution in [0.5, 0.6) is 0 Å². The van der Waals surface area contributed by atoms with Crippen LogP contribution in [-0.2, 0) is 4.79 Å². The van der Waals surface area contributed by atoms with Crippen molar-refractivity contribution >= 4 is 5.91 Å². The summed E-state index contributed by atoms with van der Waals surface area (Å²) < 4.78 is 0. The zero-order valence-corrected chi connectivity index (χ0v) is 11.2. The monoisotopic (exact) mass is 238 g/mol. The van der Waals surface area contributed by atoms with E-state index in [-0.39, 0.29) is 6.04 Å². The number of amides is 1. The third-order valence-electron chi connectivity index (χ3n) is 3.75. The number of nitrogens with one attached hydrogen (secondary N) is 1. The average Bonchev–Trinajstić information content (AvgIpc) is 3.07. The maximum Gasteiger partial charge on any atom is 0.239 e. The fourth-order valence-corrected chi connectivity index (χ4v) is 2.54. The molecule has 2 rings (SSSR count). The highest BCUT2D eigenvalue weighted by atomic mass is 16.2. The maximum atomic E-state index is 12.2. The molecule has 0 spiro atoms. The summed E-state index contributed by atoms with van der Waals surface area (Å²) in [5.74, 6) is 1.10. The van der Waals surface area contributed by atoms with E-state index in [1.165, 1.54) is 19.3 Å². The number of hydrogen-bond acceptors (Lipinski definition) is 2. The first-order valence-corrected chi connectivity index (χ1v) is 7.21. The Morgan fingerprint density at radius 3 is 2.76 bits per heavy atom. The van der Waals surface area contributed by atoms with E-state index in [1.54, 1.807) is 0 Å². The van der Waals surface area contributed by atoms with Crippen molar-refractivity contribution in [3.8, 4) is 0 Å². The van der Waals surface area contributed by atoms with E-state index in [2.05, 4.69) is 24.1 Å². The third kappa shape index (κ3) is 3.98. The van der Waals surface area contributed by atoms with E-state index < -0.39 is 0 Å². The molecule has 3 nitrogen and oxygen atoms in total. The standard InChI is InChI=1S/C14H26N2O/c1-11(2)5-3-9-16-10-4-6-13(14(16)17)15-12-7-8-12/h11-13,15H,3-10H2,1-2H3. The molecule has 1 amide bonds. The highest BCUT2D eigenvalue weighted by Gasteiger charge is 2.32. The number of rotatable bonds is 6. The molecular weight excluding hydrogens is 212 g/mol. The van der Waals surface area contributed by atoms with Crippen LogP contribution in [-0.4, -0.2) is 36.0 Å². The summed E-state index contributed by atoms with van der Waals surface area (Å²) in [6.07, 6.45) is 7.10. The minimum Gasteiger partial charge on any atom is -0.341 e. The first-order chi connectivity index (χ1) is 8.16. The molecule has 0 aromatic carbocycles. The van der Waals surface area contributed by atoms with Crippen molar-refractivity contribution in [1.29, 1.82) is 0 Å². The van der Waals surface area contributed by atoms with Crippen molar-refractivity contribution in [3.05, 3.63) is 0 Å². The first-order valence-electron chi connectivity index (χ1n) is 7.21. The molecule has 2 fully saturated rings. The van der Waals surface area contributed by atoms with E-state index in [9.17, 15) is 4.79 Å². The summed E-state index contributed by atoms with van der Waals surface area (Å²) in [5, 5.41) is 3.48. The minimum atomic E-state index is 0.121. The highest BCUT2D eigenvalue weighted by Crippen LogP contribution is 2.22. The van der Waals surface area contributed by atoms with Gasteiger partial charge < -0.3 is 10.2 Å². The Hall–Kier alpha value is -0.570. The van der Waals surface area contributed by atoms with Gasteiger partial charge in [-0.15, -0.1) is 0 Å². The van der Waals surface area contributed by atoms with Gasteiger partial charge in [-0.1, -0.05) is 13.8 Å². The van der Waals surface area contributed by atoms with Gasteiger partial charge in [0.25, 0.3) is 0 Å². The molecule has 2 aliphatic rings. The van der Waals surface area contributed by atoms with Gasteiger partial charge in [0.1, 0.15) is 0 Å². The molecule has 1 aliphatic heterocycles. The average molecular weight is 238 g/mol. The molecule has 17 heavy (non-hydrogen) atoms. The lowest BCUT2D eigenvalue weighted by Gasteiger charge is -2.33. The molecule has 1 atom stereocenters. The number of carbonyl (C=O) groups excluding carboxylic acids is 1. The van der Waals surface area contributed by atoms with Crippen molar-refractivity contribution in [3.63, 3.8) is 0 Å². The largest absolute Gasteiger partial charge is 0.341 e. The van der Waals surface area contributed by atoms with Crippen LogP contribution in [0, 0.1) is 5.92 Å². The number of hydrogen-bond donors (Lipinski definition) is 1. The van der Waals surface area contributed by atoms with E-state index >= 15 is 0 Å². The Labute approximate surface area is 105 Å². The summed E-state index contributed by atoms with van der Waals surface area (Å²) in [7, 11) is 0. The van der Waals surface area contributed by atoms with E-state index in [0.717, 1.165) is 38.3 Å². The zero-order chi connectivity index (χ0) is 12.3. The summed E-state index contributed by atoms with van der Waals surface area (Å²) in [6.45, 7) is 6.42. The van der Waals surface area contributed by atoms with Crippen LogP contribution in [0.25, 0.3) is 0 Å². The van der Waals surface area contributed by atoms with Crippen molar-refractivity contribution in [1.82, 2.24) is 10.2 Å². The molecule has 98 valence electrons. The van der Waals surface area contributed by atoms with Crippen molar-refractivity contribution in [2.24, 2.45) is 5.92 Å². The SMILES string of the molecule is CC(C)CCCN1CCCC(NC2CC2)C1=O. The topological polar surface area (TPSA) is 32.3 Å². The predicted molar refractivity (Wildman–Crippen MR) is 69.8 cm³/mol. The Morgan fingerprint density at radius 1 is 1.35 bits per heavy atom. The van der Waals surface area contributed by atoms with Gasteiger partial charge in [-0.2, -0.15) is 0 Å². The fraction of sp³-hybridized carbons (Fsp3) is 0.929. The van der Waals surface area contributed by atoms with Gasteiger partial charge in [0.05, 0.1) is 6.04 Å². The van der Waals surface area contributed by atoms with Gasteiger partial charge in [-0.25, -0.2) is 0 Å². The molecule has 1 aliphatic carbocycles. The Morgan fingerprint density at radius 2 is 2.12 bits per heavy atom. The minimum absolute atomic E-state index is 0.121. The van der Waals surface area contributed by atoms with Crippen LogP contribution in [0.2, 0.25) is 0 Å². The Kier molecular flexibility index (Phi) is 4.43. The van der Waals surface area contributed by atoms with Gasteiger partial charge in [0.2, 0.25) is 5.91 Å². The summed E-state index contributed by atoms with van der Waals surface area (Å²) in [6, 6.07) is 0.759. The quantitative estimate of drug-likeness (QED) is 0.769. The van der Waals surface area contributed by atoms with Crippen molar-refractivity contribution in [2.75, 3.05) is 13.1 Å². The molecular formula is C14H26N2O. The van der Waals surface area contributed by atoms with Crippen LogP contribution in [0.3, 0.4) is 0 Å². The van der Waals surface area contributed by atoms with Gasteiger partial charge in [-0.05, 0) is 44.4 Å². The van der Waals surface area contributed by atoms with Gasteiger partial charge in [0.15, 0.2) is 0 Å². The van der Waals surface area contributed by atoms with Gasteiger partial charge in [0, 0.05) is 19.1 Å². The lowest BCUT2D eigenvalue weighted by atomic mass is 10.0. The molecule has 1 saturated heterocycles. The van der Waals surface area contributed by atoms with Crippen molar-refractivity contribution < 1.29 is 4.79 Å². The molecule has 0 aromatic rings. The van der Waals surface area contributed by atoms with Crippen LogP contribution in [0.1, 0.15) is 52.4 Å². The zero-order valence-electron chi connectivity index (χ0n) is 11.2. The lowest BCUT2D eigenvalue weighted by Crippen LogP contribution is -2.51. The summed E-state index contributed by atoms with van der Waals surface area (Å²) in [5.41, 5.74) is 0. The molecule has 1 saturated carbocycles. The number of carbonyl (C=O) groups is 1. The van der Waals surface area contributed by atoms with Crippen molar-refractivity contribution in [2.45, 2.75) is 64.5 Å². The normalized spacial score (nSPS) is 25.7. The molecule has 3 heteroatoms. The Balaban J connectivity index is 1.74. The van der Waals surface area contributed by atoms with Crippen LogP contribution in [0.15, 0.2) is 0 Å². The first kappa shape index (κ1) is 12.9. The molecule has 1 heterocycles. The number of piperidine rings is 1. The molecule has 0 bridgehead atoms. The van der Waals surface area contributed by atoms with Crippen LogP contribution in [0.4, 0.5) is 0 Å². The molecule has 1 N–H and O–H groups in total. The van der Waals surface area contributed by atoms with Gasteiger partial charge >= 0.3 is 0 Å². The smallest absolute Gasteiger partial charge is 0.239 e. The van der Waals surface area contributed by atoms with E-state index in [4.69, 9.17) is 0 Å². The third-order valence-corrected chi connectivity index (χ3v) is 3.75. The second kappa shape index (κ2) is 5.85. The number of likely N-dealkylation sites (tertiary alicyclic amines) is 1. The maximum absolute atomic E-state index is 12.2. The summed E-state index contributed by atoms with van der Waals surface area (Å²) >= 11 is 0.